The molecular formula is C17H17N5O7. The van der Waals surface area contributed by atoms with Gasteiger partial charge in [0.15, 0.2) is 0 Å². The molecule has 0 saturated carbocycles. The van der Waals surface area contributed by atoms with Crippen LogP contribution in [0.15, 0.2) is 35.3 Å². The van der Waals surface area contributed by atoms with Crippen LogP contribution < -0.4 is 5.73 Å². The van der Waals surface area contributed by atoms with Crippen LogP contribution in [0.2, 0.25) is 0 Å². The maximum Gasteiger partial charge on any atom is 0.324 e. The molecule has 152 valence electrons. The summed E-state index contributed by atoms with van der Waals surface area (Å²) < 4.78 is 0. The van der Waals surface area contributed by atoms with Gasteiger partial charge in [-0.2, -0.15) is 0 Å². The number of aliphatic imine (C=N–C) groups is 1. The molecule has 0 spiro atoms. The minimum atomic E-state index is -1.21. The van der Waals surface area contributed by atoms with Crippen LogP contribution in [0.3, 0.4) is 0 Å². The number of phenolic OH excluding ortho intramolecular Hbond substituents is 1. The van der Waals surface area contributed by atoms with Gasteiger partial charge >= 0.3 is 11.4 Å². The fourth-order valence-electron chi connectivity index (χ4n) is 2.64. The van der Waals surface area contributed by atoms with Crippen molar-refractivity contribution in [1.82, 2.24) is 0 Å². The number of nitro benzene ring substituents is 3. The second kappa shape index (κ2) is 7.50. The number of non-ortho nitro benzene ring substituents is 1. The average Bonchev–Trinajstić information content (AvgIpc) is 2.84. The minimum absolute atomic E-state index is 0.0463. The van der Waals surface area contributed by atoms with Gasteiger partial charge < -0.3 is 10.8 Å². The van der Waals surface area contributed by atoms with E-state index in [1.165, 1.54) is 5.56 Å². The number of phenols is 1. The largest absolute Gasteiger partial charge is 0.497 e. The molecule has 0 bridgehead atoms. The van der Waals surface area contributed by atoms with Crippen LogP contribution in [-0.2, 0) is 5.41 Å². The molecule has 0 fully saturated rings. The lowest BCUT2D eigenvalue weighted by molar-refractivity contribution is -0.404. The number of aromatic hydroxyl groups is 1. The zero-order chi connectivity index (χ0) is 22.1. The third kappa shape index (κ3) is 4.10. The first-order chi connectivity index (χ1) is 13.4. The number of nitrogens with zero attached hydrogens (tertiary/aromatic N) is 4. The predicted octanol–water partition coefficient (Wildman–Crippen LogP) is 3.77. The zero-order valence-corrected chi connectivity index (χ0v) is 15.6. The number of hydrogen-bond donors (Lipinski definition) is 2. The van der Waals surface area contributed by atoms with Crippen LogP contribution in [0.5, 0.6) is 5.75 Å². The molecule has 0 radical (unpaired) electrons. The number of anilines is 1. The first-order valence-electron chi connectivity index (χ1n) is 8.12. The fraction of sp³-hybridized carbons (Fsp3) is 0.235. The molecule has 1 heterocycles. The maximum absolute atomic E-state index is 10.4. The molecule has 2 aromatic carbocycles. The van der Waals surface area contributed by atoms with Crippen molar-refractivity contribution in [2.75, 3.05) is 5.73 Å². The zero-order valence-electron chi connectivity index (χ0n) is 15.6. The maximum atomic E-state index is 10.4. The van der Waals surface area contributed by atoms with Crippen molar-refractivity contribution >= 4 is 34.1 Å². The van der Waals surface area contributed by atoms with E-state index >= 15 is 0 Å². The van der Waals surface area contributed by atoms with Crippen molar-refractivity contribution in [3.63, 3.8) is 0 Å². The van der Waals surface area contributed by atoms with E-state index in [9.17, 15) is 30.3 Å². The van der Waals surface area contributed by atoms with Crippen LogP contribution >= 0.6 is 0 Å². The lowest BCUT2D eigenvalue weighted by Crippen LogP contribution is -2.22. The molecular weight excluding hydrogens is 386 g/mol. The molecule has 0 saturated heterocycles. The second-order valence-electron chi connectivity index (χ2n) is 6.70. The molecule has 1 aliphatic rings. The van der Waals surface area contributed by atoms with Crippen LogP contribution in [0, 0.1) is 30.3 Å². The van der Waals surface area contributed by atoms with Crippen LogP contribution in [0.4, 0.5) is 28.4 Å². The topological polar surface area (TPSA) is 188 Å². The van der Waals surface area contributed by atoms with E-state index in [1.807, 2.05) is 18.2 Å². The molecule has 1 aliphatic heterocycles. The highest BCUT2D eigenvalue weighted by Crippen LogP contribution is 2.41. The third-order valence-electron chi connectivity index (χ3n) is 4.55. The SMILES string of the molecule is CC1=Nc2ccc(N)cc2C1(C)C.O=[N+]([O-])c1cc([N+](=O)[O-])c(O)c([N+](=O)[O-])c1. The van der Waals surface area contributed by atoms with E-state index in [-0.39, 0.29) is 5.41 Å². The Morgan fingerprint density at radius 3 is 1.93 bits per heavy atom. The predicted molar refractivity (Wildman–Crippen MR) is 105 cm³/mol. The molecule has 3 rings (SSSR count). The number of nitro groups is 3. The number of nitrogen functional groups attached to an aromatic ring is 1. The Bertz CT molecular complexity index is 1030. The average molecular weight is 403 g/mol. The normalized spacial score (nSPS) is 13.6. The molecule has 0 aliphatic carbocycles. The summed E-state index contributed by atoms with van der Waals surface area (Å²) in [6, 6.07) is 6.81. The van der Waals surface area contributed by atoms with Gasteiger partial charge in [0.25, 0.3) is 11.4 Å². The summed E-state index contributed by atoms with van der Waals surface area (Å²) in [6.07, 6.45) is 0. The molecule has 3 N–H and O–H groups in total. The fourth-order valence-corrected chi connectivity index (χ4v) is 2.64. The lowest BCUT2D eigenvalue weighted by Gasteiger charge is -2.19. The standard InChI is InChI=1S/C11H14N2.C6H3N3O7/c1-7-11(2,3)9-6-8(12)4-5-10(9)13-7;10-6-4(8(13)14)1-3(7(11)12)2-5(6)9(15)16/h4-6H,12H2,1-3H3;1-2,10H. The summed E-state index contributed by atoms with van der Waals surface area (Å²) in [5, 5.41) is 40.2. The first-order valence-corrected chi connectivity index (χ1v) is 8.12. The van der Waals surface area contributed by atoms with Gasteiger partial charge in [-0.15, -0.1) is 0 Å². The van der Waals surface area contributed by atoms with Gasteiger partial charge in [-0.1, -0.05) is 13.8 Å². The van der Waals surface area contributed by atoms with Gasteiger partial charge in [-0.05, 0) is 30.7 Å². The Hall–Kier alpha value is -4.09. The van der Waals surface area contributed by atoms with E-state index in [0.717, 1.165) is 17.1 Å². The van der Waals surface area contributed by atoms with Crippen molar-refractivity contribution in [1.29, 1.82) is 0 Å². The Morgan fingerprint density at radius 2 is 1.48 bits per heavy atom. The quantitative estimate of drug-likeness (QED) is 0.440. The van der Waals surface area contributed by atoms with E-state index in [2.05, 4.69) is 25.8 Å². The van der Waals surface area contributed by atoms with Crippen LogP contribution in [0.1, 0.15) is 26.3 Å². The number of fused-ring (bicyclic) bond motifs is 1. The van der Waals surface area contributed by atoms with Crippen molar-refractivity contribution in [2.24, 2.45) is 4.99 Å². The lowest BCUT2D eigenvalue weighted by atomic mass is 9.82. The number of rotatable bonds is 3. The molecule has 12 nitrogen and oxygen atoms in total. The van der Waals surface area contributed by atoms with Crippen LogP contribution in [-0.4, -0.2) is 25.6 Å². The molecule has 12 heteroatoms. The monoisotopic (exact) mass is 403 g/mol. The van der Waals surface area contributed by atoms with Crippen molar-refractivity contribution in [3.05, 3.63) is 66.2 Å². The van der Waals surface area contributed by atoms with Crippen LogP contribution in [0.25, 0.3) is 0 Å². The van der Waals surface area contributed by atoms with Crippen molar-refractivity contribution in [3.8, 4) is 5.75 Å². The van der Waals surface area contributed by atoms with Gasteiger partial charge in [0.05, 0.1) is 32.6 Å². The number of benzene rings is 2. The smallest absolute Gasteiger partial charge is 0.324 e. The highest BCUT2D eigenvalue weighted by Gasteiger charge is 2.32. The Kier molecular flexibility index (Phi) is 5.48. The highest BCUT2D eigenvalue weighted by molar-refractivity contribution is 5.99. The summed E-state index contributed by atoms with van der Waals surface area (Å²) in [4.78, 5) is 32.3. The number of nitrogens with two attached hydrogens (primary N) is 1. The van der Waals surface area contributed by atoms with Gasteiger partial charge in [0.1, 0.15) is 0 Å². The van der Waals surface area contributed by atoms with E-state index < -0.39 is 37.6 Å². The van der Waals surface area contributed by atoms with Gasteiger partial charge in [-0.25, -0.2) is 0 Å². The Morgan fingerprint density at radius 1 is 0.966 bits per heavy atom. The van der Waals surface area contributed by atoms with Gasteiger partial charge in [0.2, 0.25) is 0 Å². The van der Waals surface area contributed by atoms with E-state index in [1.54, 1.807) is 0 Å². The Labute approximate surface area is 163 Å². The minimum Gasteiger partial charge on any atom is -0.497 e. The van der Waals surface area contributed by atoms with Gasteiger partial charge in [0, 0.05) is 16.8 Å². The van der Waals surface area contributed by atoms with Crippen molar-refractivity contribution < 1.29 is 19.9 Å². The van der Waals surface area contributed by atoms with Crippen molar-refractivity contribution in [2.45, 2.75) is 26.2 Å². The highest BCUT2D eigenvalue weighted by atomic mass is 16.6. The summed E-state index contributed by atoms with van der Waals surface area (Å²) in [6.45, 7) is 6.42. The number of hydrogen-bond acceptors (Lipinski definition) is 9. The first kappa shape index (κ1) is 21.2. The summed E-state index contributed by atoms with van der Waals surface area (Å²) in [7, 11) is 0. The third-order valence-corrected chi connectivity index (χ3v) is 4.55. The molecule has 29 heavy (non-hydrogen) atoms. The molecule has 2 aromatic rings. The van der Waals surface area contributed by atoms with E-state index in [0.29, 0.717) is 12.1 Å². The Balaban J connectivity index is 0.000000211. The summed E-state index contributed by atoms with van der Waals surface area (Å²) in [5.74, 6) is -1.21. The molecule has 0 aromatic heterocycles. The second-order valence-corrected chi connectivity index (χ2v) is 6.70. The summed E-state index contributed by atoms with van der Waals surface area (Å²) >= 11 is 0. The molecule has 0 unspecified atom stereocenters. The summed E-state index contributed by atoms with van der Waals surface area (Å²) in [5.41, 5.74) is 7.07. The molecule has 0 atom stereocenters. The van der Waals surface area contributed by atoms with E-state index in [4.69, 9.17) is 10.8 Å². The van der Waals surface area contributed by atoms with Gasteiger partial charge in [-0.3, -0.25) is 35.3 Å². The molecule has 0 amide bonds.